The molecule has 3 aromatic carbocycles. The molecule has 8 heteroatoms. The van der Waals surface area contributed by atoms with Crippen LogP contribution in [0.3, 0.4) is 0 Å². The van der Waals surface area contributed by atoms with Crippen molar-refractivity contribution >= 4 is 27.3 Å². The van der Waals surface area contributed by atoms with Crippen LogP contribution in [0.5, 0.6) is 11.5 Å². The fourth-order valence-corrected chi connectivity index (χ4v) is 4.67. The Morgan fingerprint density at radius 1 is 0.969 bits per heavy atom. The van der Waals surface area contributed by atoms with E-state index in [0.717, 1.165) is 16.7 Å². The van der Waals surface area contributed by atoms with E-state index in [1.54, 1.807) is 42.5 Å². The van der Waals surface area contributed by atoms with Crippen molar-refractivity contribution in [2.24, 2.45) is 0 Å². The zero-order valence-electron chi connectivity index (χ0n) is 18.1. The maximum atomic E-state index is 12.6. The van der Waals surface area contributed by atoms with Gasteiger partial charge in [0.2, 0.25) is 16.8 Å². The van der Waals surface area contributed by atoms with Crippen molar-refractivity contribution in [1.82, 2.24) is 0 Å². The minimum atomic E-state index is -3.50. The third-order valence-electron chi connectivity index (χ3n) is 5.26. The van der Waals surface area contributed by atoms with E-state index in [-0.39, 0.29) is 19.2 Å². The second kappa shape index (κ2) is 8.55. The zero-order valence-corrected chi connectivity index (χ0v) is 18.9. The van der Waals surface area contributed by atoms with E-state index in [9.17, 15) is 13.2 Å². The minimum Gasteiger partial charge on any atom is -0.454 e. The highest BCUT2D eigenvalue weighted by atomic mass is 32.2. The first-order valence-electron chi connectivity index (χ1n) is 10.1. The number of carbonyl (C=O) groups excluding carboxylic acids is 1. The van der Waals surface area contributed by atoms with Gasteiger partial charge in [0, 0.05) is 17.3 Å². The first kappa shape index (κ1) is 21.7. The molecule has 0 atom stereocenters. The summed E-state index contributed by atoms with van der Waals surface area (Å²) in [5, 5.41) is 2.83. The van der Waals surface area contributed by atoms with Crippen molar-refractivity contribution < 1.29 is 22.7 Å². The van der Waals surface area contributed by atoms with Gasteiger partial charge in [-0.15, -0.1) is 0 Å². The molecule has 1 aliphatic heterocycles. The number of ether oxygens (including phenoxy) is 2. The Hall–Kier alpha value is -3.52. The van der Waals surface area contributed by atoms with E-state index < -0.39 is 10.0 Å². The number of amides is 1. The van der Waals surface area contributed by atoms with Gasteiger partial charge in [0.05, 0.1) is 18.5 Å². The van der Waals surface area contributed by atoms with Crippen LogP contribution in [-0.2, 0) is 16.6 Å². The molecule has 3 aromatic rings. The Labute approximate surface area is 187 Å². The van der Waals surface area contributed by atoms with Crippen LogP contribution in [0.1, 0.15) is 27.0 Å². The number of hydrogen-bond acceptors (Lipinski definition) is 5. The average Bonchev–Trinajstić information content (AvgIpc) is 3.20. The van der Waals surface area contributed by atoms with Gasteiger partial charge in [-0.1, -0.05) is 30.3 Å². The summed E-state index contributed by atoms with van der Waals surface area (Å²) in [6, 6.07) is 17.8. The molecule has 1 N–H and O–H groups in total. The van der Waals surface area contributed by atoms with Gasteiger partial charge in [0.1, 0.15) is 0 Å². The highest BCUT2D eigenvalue weighted by Gasteiger charge is 2.21. The van der Waals surface area contributed by atoms with E-state index in [1.807, 2.05) is 32.0 Å². The predicted molar refractivity (Wildman–Crippen MR) is 124 cm³/mol. The van der Waals surface area contributed by atoms with E-state index >= 15 is 0 Å². The molecule has 0 saturated carbocycles. The highest BCUT2D eigenvalue weighted by Crippen LogP contribution is 2.34. The van der Waals surface area contributed by atoms with Crippen LogP contribution < -0.4 is 19.1 Å². The van der Waals surface area contributed by atoms with Crippen molar-refractivity contribution in [2.45, 2.75) is 20.4 Å². The molecule has 1 aliphatic rings. The lowest BCUT2D eigenvalue weighted by Gasteiger charge is -2.26. The molecule has 4 rings (SSSR count). The fraction of sp³-hybridized carbons (Fsp3) is 0.208. The Morgan fingerprint density at radius 2 is 1.62 bits per heavy atom. The largest absolute Gasteiger partial charge is 0.454 e. The molecule has 32 heavy (non-hydrogen) atoms. The van der Waals surface area contributed by atoms with Crippen molar-refractivity contribution in [3.8, 4) is 11.5 Å². The van der Waals surface area contributed by atoms with Gasteiger partial charge in [-0.3, -0.25) is 9.10 Å². The van der Waals surface area contributed by atoms with Crippen LogP contribution in [0.4, 0.5) is 11.4 Å². The second-order valence-electron chi connectivity index (χ2n) is 7.73. The Kier molecular flexibility index (Phi) is 5.80. The van der Waals surface area contributed by atoms with Crippen LogP contribution in [0.15, 0.2) is 60.7 Å². The monoisotopic (exact) mass is 452 g/mol. The number of fused-ring (bicyclic) bond motifs is 1. The van der Waals surface area contributed by atoms with Crippen LogP contribution >= 0.6 is 0 Å². The molecule has 0 saturated heterocycles. The van der Waals surface area contributed by atoms with Crippen molar-refractivity contribution in [3.63, 3.8) is 0 Å². The molecular weight excluding hydrogens is 428 g/mol. The smallest absolute Gasteiger partial charge is 0.255 e. The third kappa shape index (κ3) is 4.55. The number of hydrogen-bond donors (Lipinski definition) is 1. The van der Waals surface area contributed by atoms with Gasteiger partial charge in [0.25, 0.3) is 5.91 Å². The molecule has 1 heterocycles. The first-order valence-corrected chi connectivity index (χ1v) is 11.9. The fourth-order valence-electron chi connectivity index (χ4n) is 3.67. The van der Waals surface area contributed by atoms with Crippen molar-refractivity contribution in [2.75, 3.05) is 22.7 Å². The van der Waals surface area contributed by atoms with E-state index in [0.29, 0.717) is 28.4 Å². The number of nitrogens with one attached hydrogen (secondary N) is 1. The summed E-state index contributed by atoms with van der Waals surface area (Å²) >= 11 is 0. The van der Waals surface area contributed by atoms with Crippen LogP contribution in [0, 0.1) is 13.8 Å². The molecule has 0 aromatic heterocycles. The summed E-state index contributed by atoms with van der Waals surface area (Å²) in [5.74, 6) is 0.960. The number of para-hydroxylation sites is 1. The molecular formula is C24H24N2O5S. The van der Waals surface area contributed by atoms with Gasteiger partial charge in [-0.2, -0.15) is 0 Å². The zero-order chi connectivity index (χ0) is 22.9. The highest BCUT2D eigenvalue weighted by molar-refractivity contribution is 7.92. The number of sulfonamides is 1. The van der Waals surface area contributed by atoms with Crippen LogP contribution in [-0.4, -0.2) is 27.4 Å². The topological polar surface area (TPSA) is 84.9 Å². The molecule has 1 amide bonds. The average molecular weight is 453 g/mol. The minimum absolute atomic E-state index is 0.167. The molecule has 0 spiro atoms. The lowest BCUT2D eigenvalue weighted by atomic mass is 10.1. The standard InChI is InChI=1S/C24H24N2O5S/c1-16-5-4-6-17(2)23(16)26(32(3,28)29)14-18-7-9-19(10-8-18)24(27)25-20-11-12-21-22(13-20)31-15-30-21/h4-13H,14-15H2,1-3H3,(H,25,27). The van der Waals surface area contributed by atoms with Crippen molar-refractivity contribution in [3.05, 3.63) is 82.9 Å². The van der Waals surface area contributed by atoms with Crippen LogP contribution in [0.25, 0.3) is 0 Å². The Balaban J connectivity index is 1.51. The molecule has 0 fully saturated rings. The van der Waals surface area contributed by atoms with Gasteiger partial charge < -0.3 is 14.8 Å². The molecule has 0 radical (unpaired) electrons. The van der Waals surface area contributed by atoms with Gasteiger partial charge in [-0.25, -0.2) is 8.42 Å². The summed E-state index contributed by atoms with van der Waals surface area (Å²) in [6.07, 6.45) is 1.20. The Morgan fingerprint density at radius 3 is 2.28 bits per heavy atom. The maximum absolute atomic E-state index is 12.6. The number of rotatable bonds is 6. The third-order valence-corrected chi connectivity index (χ3v) is 6.37. The summed E-state index contributed by atoms with van der Waals surface area (Å²) in [7, 11) is -3.50. The predicted octanol–water partition coefficient (Wildman–Crippen LogP) is 4.25. The maximum Gasteiger partial charge on any atom is 0.255 e. The van der Waals surface area contributed by atoms with Crippen molar-refractivity contribution in [1.29, 1.82) is 0 Å². The van der Waals surface area contributed by atoms with E-state index in [2.05, 4.69) is 5.32 Å². The number of carbonyl (C=O) groups is 1. The first-order chi connectivity index (χ1) is 15.2. The number of nitrogens with zero attached hydrogens (tertiary/aromatic N) is 1. The normalized spacial score (nSPS) is 12.5. The molecule has 0 unspecified atom stereocenters. The quantitative estimate of drug-likeness (QED) is 0.604. The van der Waals surface area contributed by atoms with Crippen LogP contribution in [0.2, 0.25) is 0 Å². The molecule has 0 bridgehead atoms. The lowest BCUT2D eigenvalue weighted by Crippen LogP contribution is -2.30. The Bertz CT molecular complexity index is 1250. The van der Waals surface area contributed by atoms with E-state index in [4.69, 9.17) is 9.47 Å². The number of aryl methyl sites for hydroxylation is 2. The number of benzene rings is 3. The second-order valence-corrected chi connectivity index (χ2v) is 9.64. The van der Waals surface area contributed by atoms with Gasteiger partial charge in [-0.05, 0) is 54.8 Å². The molecule has 7 nitrogen and oxygen atoms in total. The van der Waals surface area contributed by atoms with Gasteiger partial charge >= 0.3 is 0 Å². The molecule has 0 aliphatic carbocycles. The SMILES string of the molecule is Cc1cccc(C)c1N(Cc1ccc(C(=O)Nc2ccc3c(c2)OCO3)cc1)S(C)(=O)=O. The van der Waals surface area contributed by atoms with Gasteiger partial charge in [0.15, 0.2) is 11.5 Å². The number of anilines is 2. The summed E-state index contributed by atoms with van der Waals surface area (Å²) in [6.45, 7) is 4.13. The summed E-state index contributed by atoms with van der Waals surface area (Å²) < 4.78 is 37.1. The molecule has 166 valence electrons. The van der Waals surface area contributed by atoms with E-state index in [1.165, 1.54) is 10.6 Å². The summed E-state index contributed by atoms with van der Waals surface area (Å²) in [4.78, 5) is 12.6. The summed E-state index contributed by atoms with van der Waals surface area (Å²) in [5.41, 5.74) is 4.29. The lowest BCUT2D eigenvalue weighted by molar-refractivity contribution is 0.102.